The molecule has 0 unspecified atom stereocenters. The first-order chi connectivity index (χ1) is 8.60. The summed E-state index contributed by atoms with van der Waals surface area (Å²) in [6.07, 6.45) is 0.583. The van der Waals surface area contributed by atoms with E-state index >= 15 is 0 Å². The van der Waals surface area contributed by atoms with Gasteiger partial charge in [0.15, 0.2) is 0 Å². The van der Waals surface area contributed by atoms with Crippen molar-refractivity contribution in [1.29, 1.82) is 0 Å². The molecule has 0 radical (unpaired) electrons. The summed E-state index contributed by atoms with van der Waals surface area (Å²) in [7, 11) is 0. The monoisotopic (exact) mass is 248 g/mol. The summed E-state index contributed by atoms with van der Waals surface area (Å²) < 4.78 is 0. The first kappa shape index (κ1) is 12.8. The highest BCUT2D eigenvalue weighted by molar-refractivity contribution is 5.76. The number of anilines is 1. The molecule has 0 atom stereocenters. The Kier molecular flexibility index (Phi) is 3.79. The lowest BCUT2D eigenvalue weighted by atomic mass is 10.3. The van der Waals surface area contributed by atoms with Crippen LogP contribution in [0.4, 0.5) is 5.95 Å². The number of carbonyl (C=O) groups is 1. The predicted octanol–water partition coefficient (Wildman–Crippen LogP) is 1.15. The zero-order valence-electron chi connectivity index (χ0n) is 11.3. The van der Waals surface area contributed by atoms with E-state index in [0.29, 0.717) is 6.42 Å². The molecule has 98 valence electrons. The van der Waals surface area contributed by atoms with Crippen molar-refractivity contribution in [2.24, 2.45) is 0 Å². The third-order valence-corrected chi connectivity index (χ3v) is 3.19. The van der Waals surface area contributed by atoms with E-state index < -0.39 is 0 Å². The van der Waals surface area contributed by atoms with Gasteiger partial charge in [-0.2, -0.15) is 0 Å². The number of amides is 1. The fourth-order valence-electron chi connectivity index (χ4n) is 2.23. The van der Waals surface area contributed by atoms with Crippen LogP contribution in [0.3, 0.4) is 0 Å². The van der Waals surface area contributed by atoms with Crippen molar-refractivity contribution in [2.75, 3.05) is 31.1 Å². The van der Waals surface area contributed by atoms with Crippen LogP contribution >= 0.6 is 0 Å². The molecule has 1 fully saturated rings. The summed E-state index contributed by atoms with van der Waals surface area (Å²) in [5, 5.41) is 0. The van der Waals surface area contributed by atoms with E-state index in [1.807, 2.05) is 31.7 Å². The second-order valence-electron chi connectivity index (χ2n) is 4.67. The average Bonchev–Trinajstić information content (AvgIpc) is 2.37. The minimum atomic E-state index is 0.232. The highest BCUT2D eigenvalue weighted by Gasteiger charge is 2.21. The Bertz CT molecular complexity index is 418. The number of hydrogen-bond acceptors (Lipinski definition) is 4. The number of piperazine rings is 1. The Labute approximate surface area is 108 Å². The molecule has 1 saturated heterocycles. The third-order valence-electron chi connectivity index (χ3n) is 3.19. The first-order valence-corrected chi connectivity index (χ1v) is 6.45. The van der Waals surface area contributed by atoms with Gasteiger partial charge in [0.1, 0.15) is 0 Å². The maximum Gasteiger partial charge on any atom is 0.225 e. The van der Waals surface area contributed by atoms with Crippen molar-refractivity contribution in [1.82, 2.24) is 14.9 Å². The molecule has 1 aliphatic heterocycles. The minimum Gasteiger partial charge on any atom is -0.339 e. The maximum atomic E-state index is 11.6. The van der Waals surface area contributed by atoms with E-state index in [1.54, 1.807) is 0 Å². The van der Waals surface area contributed by atoms with E-state index in [-0.39, 0.29) is 5.91 Å². The molecule has 1 aliphatic rings. The van der Waals surface area contributed by atoms with Gasteiger partial charge in [0, 0.05) is 44.0 Å². The summed E-state index contributed by atoms with van der Waals surface area (Å²) in [6.45, 7) is 9.03. The molecule has 1 aromatic heterocycles. The summed E-state index contributed by atoms with van der Waals surface area (Å²) >= 11 is 0. The zero-order valence-corrected chi connectivity index (χ0v) is 11.3. The Morgan fingerprint density at radius 3 is 2.22 bits per heavy atom. The van der Waals surface area contributed by atoms with Gasteiger partial charge in [0.2, 0.25) is 11.9 Å². The van der Waals surface area contributed by atoms with Crippen LogP contribution in [0.5, 0.6) is 0 Å². The fraction of sp³-hybridized carbons (Fsp3) is 0.615. The molecule has 0 spiro atoms. The number of aromatic nitrogens is 2. The van der Waals surface area contributed by atoms with Crippen LogP contribution in [0.2, 0.25) is 0 Å². The van der Waals surface area contributed by atoms with Crippen LogP contribution in [-0.4, -0.2) is 47.0 Å². The number of rotatable bonds is 2. The van der Waals surface area contributed by atoms with Crippen molar-refractivity contribution in [3.05, 3.63) is 17.5 Å². The number of hydrogen-bond donors (Lipinski definition) is 0. The van der Waals surface area contributed by atoms with Gasteiger partial charge < -0.3 is 9.80 Å². The second-order valence-corrected chi connectivity index (χ2v) is 4.67. The first-order valence-electron chi connectivity index (χ1n) is 6.45. The Morgan fingerprint density at radius 2 is 1.72 bits per heavy atom. The Morgan fingerprint density at radius 1 is 1.17 bits per heavy atom. The predicted molar refractivity (Wildman–Crippen MR) is 70.6 cm³/mol. The number of aryl methyl sites for hydroxylation is 2. The van der Waals surface area contributed by atoms with Gasteiger partial charge >= 0.3 is 0 Å². The van der Waals surface area contributed by atoms with E-state index in [0.717, 1.165) is 43.5 Å². The molecule has 5 heteroatoms. The molecule has 0 aliphatic carbocycles. The van der Waals surface area contributed by atoms with Crippen molar-refractivity contribution in [3.8, 4) is 0 Å². The molecule has 2 rings (SSSR count). The minimum absolute atomic E-state index is 0.232. The molecule has 0 bridgehead atoms. The van der Waals surface area contributed by atoms with E-state index in [4.69, 9.17) is 0 Å². The second kappa shape index (κ2) is 5.33. The Hall–Kier alpha value is -1.65. The van der Waals surface area contributed by atoms with Gasteiger partial charge in [-0.3, -0.25) is 4.79 Å². The third kappa shape index (κ3) is 2.78. The Balaban J connectivity index is 2.03. The van der Waals surface area contributed by atoms with Gasteiger partial charge in [-0.05, 0) is 19.9 Å². The van der Waals surface area contributed by atoms with Crippen molar-refractivity contribution < 1.29 is 4.79 Å². The number of nitrogens with zero attached hydrogens (tertiary/aromatic N) is 4. The van der Waals surface area contributed by atoms with Gasteiger partial charge in [-0.25, -0.2) is 9.97 Å². The largest absolute Gasteiger partial charge is 0.339 e. The SMILES string of the molecule is CCC(=O)N1CCN(c2nc(C)cc(C)n2)CC1. The van der Waals surface area contributed by atoms with Crippen LogP contribution in [-0.2, 0) is 4.79 Å². The van der Waals surface area contributed by atoms with Crippen LogP contribution in [0.15, 0.2) is 6.07 Å². The lowest BCUT2D eigenvalue weighted by molar-refractivity contribution is -0.131. The summed E-state index contributed by atoms with van der Waals surface area (Å²) in [5.74, 6) is 1.02. The van der Waals surface area contributed by atoms with Gasteiger partial charge in [0.05, 0.1) is 0 Å². The average molecular weight is 248 g/mol. The quantitative estimate of drug-likeness (QED) is 0.788. The van der Waals surface area contributed by atoms with Crippen LogP contribution < -0.4 is 4.90 Å². The van der Waals surface area contributed by atoms with Gasteiger partial charge in [-0.15, -0.1) is 0 Å². The standard InChI is InChI=1S/C13H20N4O/c1-4-12(18)16-5-7-17(8-6-16)13-14-10(2)9-11(3)15-13/h9H,4-8H2,1-3H3. The normalized spacial score (nSPS) is 15.9. The molecule has 2 heterocycles. The maximum absolute atomic E-state index is 11.6. The van der Waals surface area contributed by atoms with E-state index in [9.17, 15) is 4.79 Å². The van der Waals surface area contributed by atoms with Crippen molar-refractivity contribution in [2.45, 2.75) is 27.2 Å². The molecular weight excluding hydrogens is 228 g/mol. The molecule has 0 saturated carbocycles. The van der Waals surface area contributed by atoms with Crippen molar-refractivity contribution >= 4 is 11.9 Å². The lowest BCUT2D eigenvalue weighted by Gasteiger charge is -2.34. The van der Waals surface area contributed by atoms with Gasteiger partial charge in [0.25, 0.3) is 0 Å². The van der Waals surface area contributed by atoms with Crippen LogP contribution in [0.25, 0.3) is 0 Å². The zero-order chi connectivity index (χ0) is 13.1. The summed E-state index contributed by atoms with van der Waals surface area (Å²) in [6, 6.07) is 1.97. The van der Waals surface area contributed by atoms with E-state index in [2.05, 4.69) is 14.9 Å². The smallest absolute Gasteiger partial charge is 0.225 e. The van der Waals surface area contributed by atoms with Crippen LogP contribution in [0, 0.1) is 13.8 Å². The number of carbonyl (C=O) groups excluding carboxylic acids is 1. The highest BCUT2D eigenvalue weighted by Crippen LogP contribution is 2.13. The van der Waals surface area contributed by atoms with E-state index in [1.165, 1.54) is 0 Å². The molecule has 1 amide bonds. The lowest BCUT2D eigenvalue weighted by Crippen LogP contribution is -2.49. The topological polar surface area (TPSA) is 49.3 Å². The van der Waals surface area contributed by atoms with Crippen molar-refractivity contribution in [3.63, 3.8) is 0 Å². The molecule has 5 nitrogen and oxygen atoms in total. The highest BCUT2D eigenvalue weighted by atomic mass is 16.2. The fourth-order valence-corrected chi connectivity index (χ4v) is 2.23. The summed E-state index contributed by atoms with van der Waals surface area (Å²) in [5.41, 5.74) is 1.98. The molecule has 0 aromatic carbocycles. The molecule has 18 heavy (non-hydrogen) atoms. The van der Waals surface area contributed by atoms with Gasteiger partial charge in [-0.1, -0.05) is 6.92 Å². The summed E-state index contributed by atoms with van der Waals surface area (Å²) in [4.78, 5) is 24.6. The molecule has 1 aromatic rings. The molecule has 0 N–H and O–H groups in total. The van der Waals surface area contributed by atoms with Crippen LogP contribution in [0.1, 0.15) is 24.7 Å². The molecular formula is C13H20N4O.